The number of carbonyl (C=O) groups is 1. The van der Waals surface area contributed by atoms with Gasteiger partial charge in [0, 0.05) is 37.4 Å². The fourth-order valence-corrected chi connectivity index (χ4v) is 3.47. The molecule has 0 amide bonds. The van der Waals surface area contributed by atoms with E-state index in [0.29, 0.717) is 18.8 Å². The van der Waals surface area contributed by atoms with Gasteiger partial charge < -0.3 is 10.5 Å². The van der Waals surface area contributed by atoms with Crippen molar-refractivity contribution in [3.63, 3.8) is 0 Å². The third-order valence-electron chi connectivity index (χ3n) is 5.06. The average molecular weight is 356 g/mol. The van der Waals surface area contributed by atoms with Gasteiger partial charge in [0.2, 0.25) is 0 Å². The van der Waals surface area contributed by atoms with E-state index in [1.54, 1.807) is 11.6 Å². The Morgan fingerprint density at radius 2 is 2.08 bits per heavy atom. The van der Waals surface area contributed by atoms with Crippen LogP contribution in [-0.2, 0) is 11.3 Å². The second-order valence-corrected chi connectivity index (χ2v) is 7.60. The molecule has 2 heterocycles. The van der Waals surface area contributed by atoms with Crippen LogP contribution in [0.25, 0.3) is 5.69 Å². The fourth-order valence-electron chi connectivity index (χ4n) is 3.47. The lowest BCUT2D eigenvalue weighted by Gasteiger charge is -2.42. The van der Waals surface area contributed by atoms with Gasteiger partial charge in [-0.3, -0.25) is 4.90 Å². The van der Waals surface area contributed by atoms with Gasteiger partial charge >= 0.3 is 5.97 Å². The van der Waals surface area contributed by atoms with E-state index in [2.05, 4.69) is 23.8 Å². The van der Waals surface area contributed by atoms with Crippen LogP contribution in [0.4, 0.5) is 0 Å². The molecule has 0 saturated carbocycles. The van der Waals surface area contributed by atoms with Crippen LogP contribution in [0.5, 0.6) is 0 Å². The van der Waals surface area contributed by atoms with Gasteiger partial charge in [-0.2, -0.15) is 5.10 Å². The smallest absolute Gasteiger partial charge is 0.359 e. The molecule has 0 radical (unpaired) electrons. The number of hydrogen-bond donors (Lipinski definition) is 1. The number of esters is 1. The number of aromatic nitrogens is 2. The van der Waals surface area contributed by atoms with E-state index in [0.717, 1.165) is 30.8 Å². The molecule has 1 atom stereocenters. The molecule has 0 bridgehead atoms. The fraction of sp³-hybridized carbons (Fsp3) is 0.500. The number of piperidine rings is 1. The molecule has 0 aliphatic carbocycles. The summed E-state index contributed by atoms with van der Waals surface area (Å²) in [5.74, 6) is -0.370. The van der Waals surface area contributed by atoms with Crippen LogP contribution in [0.1, 0.15) is 43.2 Å². The summed E-state index contributed by atoms with van der Waals surface area (Å²) in [5.41, 5.74) is 8.50. The maximum Gasteiger partial charge on any atom is 0.359 e. The Balaban J connectivity index is 1.87. The monoisotopic (exact) mass is 356 g/mol. The lowest BCUT2D eigenvalue weighted by Crippen LogP contribution is -2.52. The van der Waals surface area contributed by atoms with Crippen LogP contribution < -0.4 is 5.73 Å². The minimum Gasteiger partial charge on any atom is -0.461 e. The van der Waals surface area contributed by atoms with E-state index in [1.165, 1.54) is 0 Å². The zero-order valence-electron chi connectivity index (χ0n) is 15.8. The van der Waals surface area contributed by atoms with Crippen LogP contribution in [0.3, 0.4) is 0 Å². The standard InChI is InChI=1S/C20H28N4O2/c1-4-26-19(25)18-15(12-23-11-10-17(21)20(2,3)14-23)13-24(22-18)16-8-6-5-7-9-16/h5-9,13,17H,4,10-12,14,21H2,1-3H3. The molecule has 6 nitrogen and oxygen atoms in total. The number of hydrogen-bond acceptors (Lipinski definition) is 5. The van der Waals surface area contributed by atoms with E-state index in [9.17, 15) is 4.79 Å². The first kappa shape index (κ1) is 18.6. The summed E-state index contributed by atoms with van der Waals surface area (Å²) in [6, 6.07) is 10.0. The van der Waals surface area contributed by atoms with Gasteiger partial charge in [0.1, 0.15) is 0 Å². The van der Waals surface area contributed by atoms with Gasteiger partial charge in [-0.15, -0.1) is 0 Å². The molecule has 1 fully saturated rings. The largest absolute Gasteiger partial charge is 0.461 e. The summed E-state index contributed by atoms with van der Waals surface area (Å²) in [5, 5.41) is 4.51. The molecule has 2 N–H and O–H groups in total. The number of likely N-dealkylation sites (tertiary alicyclic amines) is 1. The Hall–Kier alpha value is -2.18. The minimum atomic E-state index is -0.370. The minimum absolute atomic E-state index is 0.0533. The second kappa shape index (κ2) is 7.60. The van der Waals surface area contributed by atoms with Crippen LogP contribution in [0, 0.1) is 5.41 Å². The lowest BCUT2D eigenvalue weighted by atomic mass is 9.79. The van der Waals surface area contributed by atoms with Crippen molar-refractivity contribution in [2.45, 2.75) is 39.8 Å². The Morgan fingerprint density at radius 3 is 2.73 bits per heavy atom. The number of nitrogens with two attached hydrogens (primary N) is 1. The van der Waals surface area contributed by atoms with Crippen LogP contribution in [0.15, 0.2) is 36.5 Å². The normalized spacial score (nSPS) is 20.1. The molecule has 2 aromatic rings. The third-order valence-corrected chi connectivity index (χ3v) is 5.06. The first-order valence-corrected chi connectivity index (χ1v) is 9.19. The predicted octanol–water partition coefficient (Wildman–Crippen LogP) is 2.61. The summed E-state index contributed by atoms with van der Waals surface area (Å²) < 4.78 is 6.96. The second-order valence-electron chi connectivity index (χ2n) is 7.60. The van der Waals surface area contributed by atoms with Crippen LogP contribution in [0.2, 0.25) is 0 Å². The number of rotatable bonds is 5. The highest BCUT2D eigenvalue weighted by Crippen LogP contribution is 2.29. The van der Waals surface area contributed by atoms with Crippen molar-refractivity contribution in [3.05, 3.63) is 47.8 Å². The van der Waals surface area contributed by atoms with Crippen LogP contribution in [-0.4, -0.2) is 46.4 Å². The molecular formula is C20H28N4O2. The first-order valence-electron chi connectivity index (χ1n) is 9.19. The number of benzene rings is 1. The first-order chi connectivity index (χ1) is 12.4. The van der Waals surface area contributed by atoms with Crippen molar-refractivity contribution >= 4 is 5.97 Å². The van der Waals surface area contributed by atoms with Gasteiger partial charge in [0.05, 0.1) is 12.3 Å². The maximum atomic E-state index is 12.4. The lowest BCUT2D eigenvalue weighted by molar-refractivity contribution is 0.0513. The van der Waals surface area contributed by atoms with Crippen molar-refractivity contribution in [3.8, 4) is 5.69 Å². The zero-order valence-corrected chi connectivity index (χ0v) is 15.8. The molecule has 26 heavy (non-hydrogen) atoms. The number of para-hydroxylation sites is 1. The number of carbonyl (C=O) groups excluding carboxylic acids is 1. The van der Waals surface area contributed by atoms with Crippen molar-refractivity contribution < 1.29 is 9.53 Å². The highest BCUT2D eigenvalue weighted by Gasteiger charge is 2.34. The highest BCUT2D eigenvalue weighted by molar-refractivity contribution is 5.88. The van der Waals surface area contributed by atoms with Gasteiger partial charge in [-0.05, 0) is 30.9 Å². The molecule has 1 saturated heterocycles. The summed E-state index contributed by atoms with van der Waals surface area (Å²) >= 11 is 0. The molecule has 140 valence electrons. The molecule has 3 rings (SSSR count). The van der Waals surface area contributed by atoms with Crippen LogP contribution >= 0.6 is 0 Å². The van der Waals surface area contributed by atoms with Crippen molar-refractivity contribution in [2.24, 2.45) is 11.1 Å². The Labute approximate surface area is 154 Å². The SMILES string of the molecule is CCOC(=O)c1nn(-c2ccccc2)cc1CN1CCC(N)C(C)(C)C1. The third kappa shape index (κ3) is 3.97. The Morgan fingerprint density at radius 1 is 1.35 bits per heavy atom. The van der Waals surface area contributed by atoms with Crippen molar-refractivity contribution in [1.29, 1.82) is 0 Å². The van der Waals surface area contributed by atoms with Crippen molar-refractivity contribution in [2.75, 3.05) is 19.7 Å². The van der Waals surface area contributed by atoms with E-state index in [4.69, 9.17) is 10.5 Å². The molecule has 1 aliphatic heterocycles. The topological polar surface area (TPSA) is 73.4 Å². The summed E-state index contributed by atoms with van der Waals surface area (Å²) in [4.78, 5) is 14.7. The number of ether oxygens (including phenoxy) is 1. The van der Waals surface area contributed by atoms with Gasteiger partial charge in [0.15, 0.2) is 5.69 Å². The number of nitrogens with zero attached hydrogens (tertiary/aromatic N) is 3. The predicted molar refractivity (Wildman–Crippen MR) is 101 cm³/mol. The van der Waals surface area contributed by atoms with Gasteiger partial charge in [-0.25, -0.2) is 9.48 Å². The van der Waals surface area contributed by atoms with Gasteiger partial charge in [0.25, 0.3) is 0 Å². The van der Waals surface area contributed by atoms with Gasteiger partial charge in [-0.1, -0.05) is 32.0 Å². The zero-order chi connectivity index (χ0) is 18.7. The maximum absolute atomic E-state index is 12.4. The molecule has 1 unspecified atom stereocenters. The molecule has 6 heteroatoms. The highest BCUT2D eigenvalue weighted by atomic mass is 16.5. The van der Waals surface area contributed by atoms with E-state index in [1.807, 2.05) is 36.5 Å². The molecule has 1 aromatic heterocycles. The average Bonchev–Trinajstić information content (AvgIpc) is 3.03. The summed E-state index contributed by atoms with van der Waals surface area (Å²) in [7, 11) is 0. The van der Waals surface area contributed by atoms with Crippen molar-refractivity contribution in [1.82, 2.24) is 14.7 Å². The van der Waals surface area contributed by atoms with E-state index >= 15 is 0 Å². The van der Waals surface area contributed by atoms with E-state index < -0.39 is 0 Å². The van der Waals surface area contributed by atoms with E-state index in [-0.39, 0.29) is 17.4 Å². The molecule has 0 spiro atoms. The quantitative estimate of drug-likeness (QED) is 0.834. The summed E-state index contributed by atoms with van der Waals surface area (Å²) in [6.07, 6.45) is 2.89. The summed E-state index contributed by atoms with van der Waals surface area (Å²) in [6.45, 7) is 9.02. The Kier molecular flexibility index (Phi) is 5.44. The molecular weight excluding hydrogens is 328 g/mol. The Bertz CT molecular complexity index is 754. The molecule has 1 aliphatic rings. The molecule has 1 aromatic carbocycles.